The van der Waals surface area contributed by atoms with Crippen molar-refractivity contribution in [3.05, 3.63) is 11.8 Å². The quantitative estimate of drug-likeness (QED) is 0.714. The highest BCUT2D eigenvalue weighted by Gasteiger charge is 2.47. The Morgan fingerprint density at radius 1 is 1.43 bits per heavy atom. The SMILES string of the molecule is CC1CC(c2cc(N)n[nH]2)C2CCC12. The fraction of sp³-hybridized carbons (Fsp3) is 0.727. The first-order valence-corrected chi connectivity index (χ1v) is 5.56. The van der Waals surface area contributed by atoms with Gasteiger partial charge in [0.25, 0.3) is 0 Å². The summed E-state index contributed by atoms with van der Waals surface area (Å²) >= 11 is 0. The molecule has 3 nitrogen and oxygen atoms in total. The van der Waals surface area contributed by atoms with E-state index in [0.29, 0.717) is 11.7 Å². The van der Waals surface area contributed by atoms with Crippen LogP contribution in [0.4, 0.5) is 5.82 Å². The minimum absolute atomic E-state index is 0.635. The van der Waals surface area contributed by atoms with E-state index >= 15 is 0 Å². The predicted molar refractivity (Wildman–Crippen MR) is 55.7 cm³/mol. The first-order valence-electron chi connectivity index (χ1n) is 5.56. The highest BCUT2D eigenvalue weighted by Crippen LogP contribution is 2.56. The van der Waals surface area contributed by atoms with Crippen LogP contribution in [0.25, 0.3) is 0 Å². The van der Waals surface area contributed by atoms with Crippen LogP contribution in [0, 0.1) is 17.8 Å². The number of anilines is 1. The summed E-state index contributed by atoms with van der Waals surface area (Å²) in [7, 11) is 0. The molecule has 0 bridgehead atoms. The van der Waals surface area contributed by atoms with Crippen molar-refractivity contribution in [2.75, 3.05) is 5.73 Å². The van der Waals surface area contributed by atoms with Gasteiger partial charge in [-0.15, -0.1) is 0 Å². The summed E-state index contributed by atoms with van der Waals surface area (Å²) in [5.74, 6) is 4.11. The van der Waals surface area contributed by atoms with Crippen molar-refractivity contribution >= 4 is 5.82 Å². The van der Waals surface area contributed by atoms with Crippen LogP contribution in [0.5, 0.6) is 0 Å². The summed E-state index contributed by atoms with van der Waals surface area (Å²) in [4.78, 5) is 0. The highest BCUT2D eigenvalue weighted by molar-refractivity contribution is 5.31. The first-order chi connectivity index (χ1) is 6.75. The van der Waals surface area contributed by atoms with E-state index in [1.54, 1.807) is 0 Å². The van der Waals surface area contributed by atoms with Gasteiger partial charge in [0.1, 0.15) is 5.82 Å². The van der Waals surface area contributed by atoms with E-state index in [1.165, 1.54) is 25.0 Å². The number of aromatic amines is 1. The number of rotatable bonds is 1. The number of nitrogens with zero attached hydrogens (tertiary/aromatic N) is 1. The van der Waals surface area contributed by atoms with Crippen molar-refractivity contribution in [3.63, 3.8) is 0 Å². The minimum Gasteiger partial charge on any atom is -0.382 e. The Balaban J connectivity index is 1.86. The number of nitrogens with one attached hydrogen (secondary N) is 1. The van der Waals surface area contributed by atoms with Gasteiger partial charge >= 0.3 is 0 Å². The maximum Gasteiger partial charge on any atom is 0.145 e. The Kier molecular flexibility index (Phi) is 1.64. The molecule has 0 saturated heterocycles. The molecule has 0 spiro atoms. The number of hydrogen-bond donors (Lipinski definition) is 2. The molecule has 1 aromatic rings. The lowest BCUT2D eigenvalue weighted by Gasteiger charge is -2.35. The molecule has 0 aromatic carbocycles. The number of aromatic nitrogens is 2. The summed E-state index contributed by atoms with van der Waals surface area (Å²) in [6, 6.07) is 2.01. The van der Waals surface area contributed by atoms with Gasteiger partial charge in [0.05, 0.1) is 0 Å². The molecule has 76 valence electrons. The van der Waals surface area contributed by atoms with Crippen molar-refractivity contribution < 1.29 is 0 Å². The van der Waals surface area contributed by atoms with Gasteiger partial charge in [-0.05, 0) is 37.0 Å². The summed E-state index contributed by atoms with van der Waals surface area (Å²) in [5, 5.41) is 7.10. The van der Waals surface area contributed by atoms with Gasteiger partial charge in [-0.25, -0.2) is 0 Å². The molecule has 3 N–H and O–H groups in total. The van der Waals surface area contributed by atoms with Gasteiger partial charge in [0, 0.05) is 17.7 Å². The Labute approximate surface area is 84.1 Å². The average Bonchev–Trinajstić information content (AvgIpc) is 2.55. The van der Waals surface area contributed by atoms with Crippen LogP contribution in [-0.2, 0) is 0 Å². The number of H-pyrrole nitrogens is 1. The fourth-order valence-electron chi connectivity index (χ4n) is 3.41. The predicted octanol–water partition coefficient (Wildman–Crippen LogP) is 2.14. The largest absolute Gasteiger partial charge is 0.382 e. The molecule has 3 heteroatoms. The molecule has 4 atom stereocenters. The molecular weight excluding hydrogens is 174 g/mol. The third-order valence-corrected chi connectivity index (χ3v) is 4.27. The summed E-state index contributed by atoms with van der Waals surface area (Å²) in [6.45, 7) is 2.39. The van der Waals surface area contributed by atoms with Crippen molar-refractivity contribution in [1.29, 1.82) is 0 Å². The van der Waals surface area contributed by atoms with Crippen molar-refractivity contribution in [2.24, 2.45) is 17.8 Å². The third-order valence-electron chi connectivity index (χ3n) is 4.27. The molecule has 0 aliphatic heterocycles. The zero-order valence-corrected chi connectivity index (χ0v) is 8.53. The molecule has 1 aromatic heterocycles. The van der Waals surface area contributed by atoms with Crippen LogP contribution in [-0.4, -0.2) is 10.2 Å². The van der Waals surface area contributed by atoms with Crippen LogP contribution in [0.1, 0.15) is 37.8 Å². The maximum absolute atomic E-state index is 5.64. The molecule has 2 fully saturated rings. The van der Waals surface area contributed by atoms with Crippen molar-refractivity contribution in [2.45, 2.75) is 32.1 Å². The third kappa shape index (κ3) is 1.01. The second-order valence-electron chi connectivity index (χ2n) is 4.97. The van der Waals surface area contributed by atoms with E-state index in [1.807, 2.05) is 6.07 Å². The monoisotopic (exact) mass is 191 g/mol. The van der Waals surface area contributed by atoms with Crippen LogP contribution >= 0.6 is 0 Å². The van der Waals surface area contributed by atoms with Gasteiger partial charge < -0.3 is 5.73 Å². The summed E-state index contributed by atoms with van der Waals surface area (Å²) < 4.78 is 0. The van der Waals surface area contributed by atoms with Crippen LogP contribution in [0.2, 0.25) is 0 Å². The Morgan fingerprint density at radius 3 is 2.71 bits per heavy atom. The molecular formula is C11H17N3. The summed E-state index contributed by atoms with van der Waals surface area (Å²) in [6.07, 6.45) is 4.15. The van der Waals surface area contributed by atoms with E-state index in [0.717, 1.165) is 17.8 Å². The van der Waals surface area contributed by atoms with Gasteiger partial charge in [-0.2, -0.15) is 5.10 Å². The zero-order chi connectivity index (χ0) is 9.71. The molecule has 0 radical (unpaired) electrons. The van der Waals surface area contributed by atoms with Gasteiger partial charge in [-0.1, -0.05) is 6.92 Å². The Morgan fingerprint density at radius 2 is 2.21 bits per heavy atom. The normalized spacial score (nSPS) is 40.6. The van der Waals surface area contributed by atoms with E-state index in [4.69, 9.17) is 5.73 Å². The van der Waals surface area contributed by atoms with E-state index in [9.17, 15) is 0 Å². The number of nitrogens with two attached hydrogens (primary N) is 1. The molecule has 1 heterocycles. The van der Waals surface area contributed by atoms with Gasteiger partial charge in [0.15, 0.2) is 0 Å². The maximum atomic E-state index is 5.64. The fourth-order valence-corrected chi connectivity index (χ4v) is 3.41. The Bertz CT molecular complexity index is 344. The molecule has 14 heavy (non-hydrogen) atoms. The van der Waals surface area contributed by atoms with E-state index in [-0.39, 0.29) is 0 Å². The van der Waals surface area contributed by atoms with Gasteiger partial charge in [0.2, 0.25) is 0 Å². The van der Waals surface area contributed by atoms with Gasteiger partial charge in [-0.3, -0.25) is 5.10 Å². The molecule has 2 aliphatic carbocycles. The molecule has 2 aliphatic rings. The second kappa shape index (κ2) is 2.75. The number of nitrogen functional groups attached to an aromatic ring is 1. The van der Waals surface area contributed by atoms with Crippen molar-refractivity contribution in [1.82, 2.24) is 10.2 Å². The lowest BCUT2D eigenvalue weighted by Crippen LogP contribution is -2.26. The summed E-state index contributed by atoms with van der Waals surface area (Å²) in [5.41, 5.74) is 6.90. The minimum atomic E-state index is 0.635. The Hall–Kier alpha value is -0.990. The standard InChI is InChI=1S/C11H17N3/c1-6-4-9(8-3-2-7(6)8)10-5-11(12)14-13-10/h5-9H,2-4H2,1H3,(H3,12,13,14). The highest BCUT2D eigenvalue weighted by atomic mass is 15.2. The molecule has 2 saturated carbocycles. The van der Waals surface area contributed by atoms with Crippen LogP contribution in [0.3, 0.4) is 0 Å². The van der Waals surface area contributed by atoms with Crippen LogP contribution in [0.15, 0.2) is 6.07 Å². The number of fused-ring (bicyclic) bond motifs is 1. The lowest BCUT2D eigenvalue weighted by molar-refractivity contribution is 0.168. The number of hydrogen-bond acceptors (Lipinski definition) is 2. The molecule has 4 unspecified atom stereocenters. The topological polar surface area (TPSA) is 54.7 Å². The molecule has 0 amide bonds. The van der Waals surface area contributed by atoms with Crippen LogP contribution < -0.4 is 5.73 Å². The first kappa shape index (κ1) is 8.33. The average molecular weight is 191 g/mol. The zero-order valence-electron chi connectivity index (χ0n) is 8.53. The van der Waals surface area contributed by atoms with Crippen molar-refractivity contribution in [3.8, 4) is 0 Å². The smallest absolute Gasteiger partial charge is 0.145 e. The molecule has 3 rings (SSSR count). The van der Waals surface area contributed by atoms with E-state index in [2.05, 4.69) is 17.1 Å². The second-order valence-corrected chi connectivity index (χ2v) is 4.97. The lowest BCUT2D eigenvalue weighted by atomic mass is 9.70. The van der Waals surface area contributed by atoms with E-state index < -0.39 is 0 Å².